The lowest BCUT2D eigenvalue weighted by Crippen LogP contribution is -2.34. The second kappa shape index (κ2) is 8.05. The maximum atomic E-state index is 5.71. The van der Waals surface area contributed by atoms with Gasteiger partial charge < -0.3 is 14.8 Å². The minimum absolute atomic E-state index is 0.700. The zero-order valence-corrected chi connectivity index (χ0v) is 11.9. The lowest BCUT2D eigenvalue weighted by Gasteiger charge is -2.22. The average Bonchev–Trinajstić information content (AvgIpc) is 2.47. The van der Waals surface area contributed by atoms with Gasteiger partial charge in [-0.2, -0.15) is 0 Å². The Kier molecular flexibility index (Phi) is 6.02. The van der Waals surface area contributed by atoms with E-state index >= 15 is 0 Å². The van der Waals surface area contributed by atoms with E-state index < -0.39 is 0 Å². The van der Waals surface area contributed by atoms with Crippen molar-refractivity contribution in [2.24, 2.45) is 0 Å². The van der Waals surface area contributed by atoms with Gasteiger partial charge in [-0.25, -0.2) is 0 Å². The lowest BCUT2D eigenvalue weighted by molar-refractivity contribution is 0.288. The Labute approximate surface area is 116 Å². The van der Waals surface area contributed by atoms with Gasteiger partial charge in [-0.1, -0.05) is 19.3 Å². The highest BCUT2D eigenvalue weighted by Crippen LogP contribution is 2.18. The van der Waals surface area contributed by atoms with Crippen molar-refractivity contribution < 1.29 is 9.47 Å². The number of hydrogen-bond donors (Lipinski definition) is 1. The molecule has 1 fully saturated rings. The zero-order valence-electron chi connectivity index (χ0n) is 11.9. The molecule has 2 rings (SSSR count). The van der Waals surface area contributed by atoms with E-state index in [0.717, 1.165) is 24.7 Å². The van der Waals surface area contributed by atoms with Crippen LogP contribution in [0.1, 0.15) is 39.0 Å². The second-order valence-corrected chi connectivity index (χ2v) is 5.04. The van der Waals surface area contributed by atoms with Crippen LogP contribution in [0.4, 0.5) is 0 Å². The van der Waals surface area contributed by atoms with Crippen LogP contribution in [-0.4, -0.2) is 25.8 Å². The van der Waals surface area contributed by atoms with Gasteiger partial charge in [0.25, 0.3) is 0 Å². The fraction of sp³-hybridized carbons (Fsp3) is 0.625. The summed E-state index contributed by atoms with van der Waals surface area (Å²) in [7, 11) is 0. The Bertz CT molecular complexity index is 344. The van der Waals surface area contributed by atoms with Crippen LogP contribution >= 0.6 is 0 Å². The van der Waals surface area contributed by atoms with Gasteiger partial charge in [0, 0.05) is 12.6 Å². The smallest absolute Gasteiger partial charge is 0.119 e. The summed E-state index contributed by atoms with van der Waals surface area (Å²) in [5, 5.41) is 3.57. The molecule has 1 aromatic rings. The molecule has 1 aliphatic carbocycles. The van der Waals surface area contributed by atoms with Gasteiger partial charge in [-0.3, -0.25) is 0 Å². The highest BCUT2D eigenvalue weighted by Gasteiger charge is 2.11. The van der Waals surface area contributed by atoms with E-state index in [1.807, 2.05) is 31.2 Å². The topological polar surface area (TPSA) is 30.5 Å². The SMILES string of the molecule is CCOc1ccc(OCCNC2CCCCC2)cc1. The van der Waals surface area contributed by atoms with Crippen LogP contribution < -0.4 is 14.8 Å². The fourth-order valence-electron chi connectivity index (χ4n) is 2.54. The number of ether oxygens (including phenoxy) is 2. The molecular weight excluding hydrogens is 238 g/mol. The van der Waals surface area contributed by atoms with Crippen LogP contribution in [0.2, 0.25) is 0 Å². The Hall–Kier alpha value is -1.22. The van der Waals surface area contributed by atoms with Crippen molar-refractivity contribution in [3.8, 4) is 11.5 Å². The molecular formula is C16H25NO2. The number of rotatable bonds is 7. The lowest BCUT2D eigenvalue weighted by atomic mass is 9.96. The van der Waals surface area contributed by atoms with Gasteiger partial charge in [-0.15, -0.1) is 0 Å². The predicted molar refractivity (Wildman–Crippen MR) is 78.0 cm³/mol. The third-order valence-electron chi connectivity index (χ3n) is 3.54. The maximum absolute atomic E-state index is 5.71. The minimum atomic E-state index is 0.700. The molecule has 1 aliphatic rings. The van der Waals surface area contributed by atoms with Gasteiger partial charge >= 0.3 is 0 Å². The second-order valence-electron chi connectivity index (χ2n) is 5.04. The Balaban J connectivity index is 1.62. The van der Waals surface area contributed by atoms with Crippen molar-refractivity contribution in [3.05, 3.63) is 24.3 Å². The highest BCUT2D eigenvalue weighted by atomic mass is 16.5. The molecule has 19 heavy (non-hydrogen) atoms. The van der Waals surface area contributed by atoms with E-state index in [2.05, 4.69) is 5.32 Å². The molecule has 1 aromatic carbocycles. The summed E-state index contributed by atoms with van der Waals surface area (Å²) in [6.45, 7) is 4.34. The maximum Gasteiger partial charge on any atom is 0.119 e. The van der Waals surface area contributed by atoms with Crippen LogP contribution in [0.25, 0.3) is 0 Å². The van der Waals surface area contributed by atoms with E-state index in [4.69, 9.17) is 9.47 Å². The van der Waals surface area contributed by atoms with Gasteiger partial charge in [0.15, 0.2) is 0 Å². The number of hydrogen-bond acceptors (Lipinski definition) is 3. The van der Waals surface area contributed by atoms with Crippen molar-refractivity contribution >= 4 is 0 Å². The van der Waals surface area contributed by atoms with Gasteiger partial charge in [-0.05, 0) is 44.0 Å². The molecule has 1 saturated carbocycles. The Morgan fingerprint density at radius 2 is 1.63 bits per heavy atom. The molecule has 0 saturated heterocycles. The summed E-state index contributed by atoms with van der Waals surface area (Å²) in [4.78, 5) is 0. The summed E-state index contributed by atoms with van der Waals surface area (Å²) in [6, 6.07) is 8.54. The molecule has 0 spiro atoms. The molecule has 3 heteroatoms. The molecule has 106 valence electrons. The van der Waals surface area contributed by atoms with Gasteiger partial charge in [0.1, 0.15) is 18.1 Å². The Morgan fingerprint density at radius 3 is 2.26 bits per heavy atom. The van der Waals surface area contributed by atoms with Crippen LogP contribution in [-0.2, 0) is 0 Å². The minimum Gasteiger partial charge on any atom is -0.494 e. The van der Waals surface area contributed by atoms with Crippen LogP contribution in [0.3, 0.4) is 0 Å². The first kappa shape index (κ1) is 14.2. The van der Waals surface area contributed by atoms with Crippen molar-refractivity contribution in [1.29, 1.82) is 0 Å². The summed E-state index contributed by atoms with van der Waals surface area (Å²) >= 11 is 0. The molecule has 0 aromatic heterocycles. The quantitative estimate of drug-likeness (QED) is 0.765. The molecule has 3 nitrogen and oxygen atoms in total. The summed E-state index contributed by atoms with van der Waals surface area (Å²) < 4.78 is 11.1. The van der Waals surface area contributed by atoms with E-state index in [0.29, 0.717) is 12.6 Å². The summed E-state index contributed by atoms with van der Waals surface area (Å²) in [5.41, 5.74) is 0. The van der Waals surface area contributed by atoms with Crippen LogP contribution in [0.15, 0.2) is 24.3 Å². The standard InChI is InChI=1S/C16H25NO2/c1-2-18-15-8-10-16(11-9-15)19-13-12-17-14-6-4-3-5-7-14/h8-11,14,17H,2-7,12-13H2,1H3. The molecule has 0 unspecified atom stereocenters. The normalized spacial score (nSPS) is 16.3. The van der Waals surface area contributed by atoms with Crippen LogP contribution in [0, 0.1) is 0 Å². The summed E-state index contributed by atoms with van der Waals surface area (Å²) in [6.07, 6.45) is 6.79. The van der Waals surface area contributed by atoms with Crippen molar-refractivity contribution in [2.45, 2.75) is 45.1 Å². The van der Waals surface area contributed by atoms with E-state index in [1.165, 1.54) is 32.1 Å². The van der Waals surface area contributed by atoms with Gasteiger partial charge in [0.2, 0.25) is 0 Å². The highest BCUT2D eigenvalue weighted by molar-refractivity contribution is 5.31. The molecule has 1 N–H and O–H groups in total. The first-order chi connectivity index (χ1) is 9.38. The average molecular weight is 263 g/mol. The number of nitrogens with one attached hydrogen (secondary N) is 1. The molecule has 0 bridgehead atoms. The van der Waals surface area contributed by atoms with E-state index in [9.17, 15) is 0 Å². The monoisotopic (exact) mass is 263 g/mol. The summed E-state index contributed by atoms with van der Waals surface area (Å²) in [5.74, 6) is 1.81. The van der Waals surface area contributed by atoms with Crippen molar-refractivity contribution in [2.75, 3.05) is 19.8 Å². The Morgan fingerprint density at radius 1 is 1.00 bits per heavy atom. The molecule has 0 heterocycles. The predicted octanol–water partition coefficient (Wildman–Crippen LogP) is 3.39. The third kappa shape index (κ3) is 5.11. The number of benzene rings is 1. The molecule has 0 atom stereocenters. The third-order valence-corrected chi connectivity index (χ3v) is 3.54. The first-order valence-electron chi connectivity index (χ1n) is 7.47. The van der Waals surface area contributed by atoms with Crippen molar-refractivity contribution in [1.82, 2.24) is 5.32 Å². The zero-order chi connectivity index (χ0) is 13.3. The molecule has 0 aliphatic heterocycles. The first-order valence-corrected chi connectivity index (χ1v) is 7.47. The largest absolute Gasteiger partial charge is 0.494 e. The molecule has 0 amide bonds. The fourth-order valence-corrected chi connectivity index (χ4v) is 2.54. The van der Waals surface area contributed by atoms with E-state index in [-0.39, 0.29) is 0 Å². The van der Waals surface area contributed by atoms with Gasteiger partial charge in [0.05, 0.1) is 6.61 Å². The molecule has 0 radical (unpaired) electrons. The van der Waals surface area contributed by atoms with Crippen molar-refractivity contribution in [3.63, 3.8) is 0 Å². The van der Waals surface area contributed by atoms with Crippen LogP contribution in [0.5, 0.6) is 11.5 Å². The van der Waals surface area contributed by atoms with E-state index in [1.54, 1.807) is 0 Å².